The average molecular weight is 288 g/mol. The third-order valence-corrected chi connectivity index (χ3v) is 3.15. The lowest BCUT2D eigenvalue weighted by atomic mass is 10.1. The van der Waals surface area contributed by atoms with Gasteiger partial charge >= 0.3 is 0 Å². The molecule has 0 radical (unpaired) electrons. The van der Waals surface area contributed by atoms with Crippen molar-refractivity contribution < 1.29 is 0 Å². The Labute approximate surface area is 129 Å². The Morgan fingerprint density at radius 3 is 2.23 bits per heavy atom. The summed E-state index contributed by atoms with van der Waals surface area (Å²) in [5.74, 6) is 0.712. The number of nitrogens with one attached hydrogen (secondary N) is 1. The Morgan fingerprint density at radius 2 is 1.55 bits per heavy atom. The highest BCUT2D eigenvalue weighted by Gasteiger charge is 2.06. The molecule has 0 aliphatic carbocycles. The normalized spacial score (nSPS) is 11.2. The number of anilines is 1. The molecule has 0 saturated carbocycles. The average Bonchev–Trinajstić information content (AvgIpc) is 2.61. The van der Waals surface area contributed by atoms with Crippen LogP contribution >= 0.6 is 0 Å². The van der Waals surface area contributed by atoms with Crippen LogP contribution in [-0.4, -0.2) is 15.7 Å². The van der Waals surface area contributed by atoms with Gasteiger partial charge in [-0.05, 0) is 29.8 Å². The fraction of sp³-hybridized carbons (Fsp3) is 0.0556. The van der Waals surface area contributed by atoms with Crippen LogP contribution in [0, 0.1) is 0 Å². The molecule has 0 unspecified atom stereocenters. The van der Waals surface area contributed by atoms with Crippen molar-refractivity contribution in [3.63, 3.8) is 0 Å². The first-order chi connectivity index (χ1) is 10.9. The summed E-state index contributed by atoms with van der Waals surface area (Å²) < 4.78 is 0. The van der Waals surface area contributed by atoms with Crippen molar-refractivity contribution in [3.8, 4) is 0 Å². The number of aromatic nitrogens is 2. The lowest BCUT2D eigenvalue weighted by Crippen LogP contribution is -2.10. The molecule has 0 aliphatic rings. The van der Waals surface area contributed by atoms with E-state index in [2.05, 4.69) is 32.6 Å². The van der Waals surface area contributed by atoms with E-state index in [1.54, 1.807) is 12.4 Å². The number of hydrazone groups is 1. The Bertz CT molecular complexity index is 725. The van der Waals surface area contributed by atoms with E-state index in [0.717, 1.165) is 11.4 Å². The Morgan fingerprint density at radius 1 is 0.818 bits per heavy atom. The quantitative estimate of drug-likeness (QED) is 0.577. The molecule has 0 saturated heterocycles. The molecule has 0 spiro atoms. The van der Waals surface area contributed by atoms with Crippen LogP contribution < -0.4 is 5.43 Å². The number of benzene rings is 1. The highest BCUT2D eigenvalue weighted by molar-refractivity contribution is 6.00. The maximum atomic E-state index is 4.50. The second-order valence-electron chi connectivity index (χ2n) is 4.76. The Kier molecular flexibility index (Phi) is 4.52. The SMILES string of the molecule is c1ccc(CC(=NNc2ccccn2)c2ccccn2)cc1. The van der Waals surface area contributed by atoms with Crippen molar-refractivity contribution in [1.29, 1.82) is 0 Å². The van der Waals surface area contributed by atoms with Crippen LogP contribution in [0.25, 0.3) is 0 Å². The summed E-state index contributed by atoms with van der Waals surface area (Å²) in [4.78, 5) is 8.61. The van der Waals surface area contributed by atoms with Gasteiger partial charge in [0.15, 0.2) is 0 Å². The summed E-state index contributed by atoms with van der Waals surface area (Å²) in [5, 5.41) is 4.50. The molecule has 0 fully saturated rings. The molecule has 0 aliphatic heterocycles. The molecule has 108 valence electrons. The lowest BCUT2D eigenvalue weighted by molar-refractivity contribution is 1.17. The summed E-state index contributed by atoms with van der Waals surface area (Å²) in [5.41, 5.74) is 5.92. The number of pyridine rings is 2. The molecule has 0 bridgehead atoms. The van der Waals surface area contributed by atoms with Gasteiger partial charge < -0.3 is 0 Å². The number of rotatable bonds is 5. The highest BCUT2D eigenvalue weighted by atomic mass is 15.3. The van der Waals surface area contributed by atoms with E-state index < -0.39 is 0 Å². The second-order valence-corrected chi connectivity index (χ2v) is 4.76. The van der Waals surface area contributed by atoms with E-state index in [1.165, 1.54) is 5.56 Å². The van der Waals surface area contributed by atoms with Gasteiger partial charge in [0.05, 0.1) is 11.4 Å². The van der Waals surface area contributed by atoms with Crippen LogP contribution in [0.2, 0.25) is 0 Å². The van der Waals surface area contributed by atoms with Gasteiger partial charge in [0, 0.05) is 18.8 Å². The minimum Gasteiger partial charge on any atom is -0.261 e. The molecule has 1 N–H and O–H groups in total. The van der Waals surface area contributed by atoms with Gasteiger partial charge in [0.2, 0.25) is 0 Å². The van der Waals surface area contributed by atoms with Crippen LogP contribution in [-0.2, 0) is 6.42 Å². The minimum atomic E-state index is 0.706. The number of nitrogens with zero attached hydrogens (tertiary/aromatic N) is 3. The maximum Gasteiger partial charge on any atom is 0.146 e. The minimum absolute atomic E-state index is 0.706. The molecule has 0 amide bonds. The molecular weight excluding hydrogens is 272 g/mol. The molecule has 2 aromatic heterocycles. The zero-order chi connectivity index (χ0) is 15.0. The fourth-order valence-corrected chi connectivity index (χ4v) is 2.06. The van der Waals surface area contributed by atoms with E-state index in [4.69, 9.17) is 0 Å². The summed E-state index contributed by atoms with van der Waals surface area (Å²) in [6, 6.07) is 21.7. The van der Waals surface area contributed by atoms with Crippen LogP contribution in [0.4, 0.5) is 5.82 Å². The summed E-state index contributed by atoms with van der Waals surface area (Å²) in [6.45, 7) is 0. The van der Waals surface area contributed by atoms with Gasteiger partial charge in [-0.15, -0.1) is 0 Å². The van der Waals surface area contributed by atoms with Gasteiger partial charge in [-0.25, -0.2) is 4.98 Å². The van der Waals surface area contributed by atoms with E-state index in [-0.39, 0.29) is 0 Å². The van der Waals surface area contributed by atoms with E-state index in [0.29, 0.717) is 12.2 Å². The molecule has 22 heavy (non-hydrogen) atoms. The van der Waals surface area contributed by atoms with Crippen LogP contribution in [0.1, 0.15) is 11.3 Å². The predicted octanol–water partition coefficient (Wildman–Crippen LogP) is 3.54. The first kappa shape index (κ1) is 13.9. The molecular formula is C18H16N4. The zero-order valence-corrected chi connectivity index (χ0v) is 12.1. The summed E-state index contributed by atoms with van der Waals surface area (Å²) >= 11 is 0. The van der Waals surface area contributed by atoms with Gasteiger partial charge in [0.1, 0.15) is 5.82 Å². The van der Waals surface area contributed by atoms with E-state index in [1.807, 2.05) is 54.6 Å². The van der Waals surface area contributed by atoms with Crippen molar-refractivity contribution in [1.82, 2.24) is 9.97 Å². The van der Waals surface area contributed by atoms with Crippen LogP contribution in [0.5, 0.6) is 0 Å². The third-order valence-electron chi connectivity index (χ3n) is 3.15. The molecule has 4 nitrogen and oxygen atoms in total. The Balaban J connectivity index is 1.86. The molecule has 0 atom stereocenters. The van der Waals surface area contributed by atoms with Gasteiger partial charge in [-0.2, -0.15) is 5.10 Å². The van der Waals surface area contributed by atoms with E-state index in [9.17, 15) is 0 Å². The van der Waals surface area contributed by atoms with Gasteiger partial charge in [-0.3, -0.25) is 10.4 Å². The molecule has 3 aromatic rings. The summed E-state index contributed by atoms with van der Waals surface area (Å²) in [6.07, 6.45) is 4.21. The fourth-order valence-electron chi connectivity index (χ4n) is 2.06. The molecule has 4 heteroatoms. The van der Waals surface area contributed by atoms with E-state index >= 15 is 0 Å². The first-order valence-corrected chi connectivity index (χ1v) is 7.11. The van der Waals surface area contributed by atoms with Crippen molar-refractivity contribution >= 4 is 11.5 Å². The number of hydrogen-bond donors (Lipinski definition) is 1. The van der Waals surface area contributed by atoms with Crippen molar-refractivity contribution in [2.45, 2.75) is 6.42 Å². The Hall–Kier alpha value is -3.01. The van der Waals surface area contributed by atoms with Crippen molar-refractivity contribution in [3.05, 3.63) is 90.4 Å². The molecule has 3 rings (SSSR count). The first-order valence-electron chi connectivity index (χ1n) is 7.11. The maximum absolute atomic E-state index is 4.50. The monoisotopic (exact) mass is 288 g/mol. The smallest absolute Gasteiger partial charge is 0.146 e. The van der Waals surface area contributed by atoms with Gasteiger partial charge in [-0.1, -0.05) is 42.5 Å². The topological polar surface area (TPSA) is 50.2 Å². The third kappa shape index (κ3) is 3.76. The standard InChI is InChI=1S/C18H16N4/c1-2-8-15(9-3-1)14-17(16-10-4-6-12-19-16)21-22-18-11-5-7-13-20-18/h1-13H,14H2,(H,20,22). The van der Waals surface area contributed by atoms with Crippen LogP contribution in [0.15, 0.2) is 84.2 Å². The lowest BCUT2D eigenvalue weighted by Gasteiger charge is -2.07. The molecule has 2 heterocycles. The highest BCUT2D eigenvalue weighted by Crippen LogP contribution is 2.08. The van der Waals surface area contributed by atoms with Crippen molar-refractivity contribution in [2.75, 3.05) is 5.43 Å². The van der Waals surface area contributed by atoms with Crippen molar-refractivity contribution in [2.24, 2.45) is 5.10 Å². The van der Waals surface area contributed by atoms with Gasteiger partial charge in [0.25, 0.3) is 0 Å². The second kappa shape index (κ2) is 7.13. The zero-order valence-electron chi connectivity index (χ0n) is 12.1. The summed E-state index contributed by atoms with van der Waals surface area (Å²) in [7, 11) is 0. The number of hydrogen-bond acceptors (Lipinski definition) is 4. The molecule has 1 aromatic carbocycles. The largest absolute Gasteiger partial charge is 0.261 e. The predicted molar refractivity (Wildman–Crippen MR) is 88.8 cm³/mol. The van der Waals surface area contributed by atoms with Crippen LogP contribution in [0.3, 0.4) is 0 Å².